The predicted molar refractivity (Wildman–Crippen MR) is 97.9 cm³/mol. The number of benzene rings is 1. The summed E-state index contributed by atoms with van der Waals surface area (Å²) in [6.07, 6.45) is 3.91. The number of amides is 1. The average molecular weight is 340 g/mol. The average Bonchev–Trinajstić information content (AvgIpc) is 2.97. The molecule has 0 bridgehead atoms. The highest BCUT2D eigenvalue weighted by Crippen LogP contribution is 2.17. The number of hydrogen-bond donors (Lipinski definition) is 1. The zero-order valence-corrected chi connectivity index (χ0v) is 14.9. The molecule has 5 heteroatoms. The van der Waals surface area contributed by atoms with Crippen molar-refractivity contribution in [3.63, 3.8) is 0 Å². The van der Waals surface area contributed by atoms with Gasteiger partial charge in [0.25, 0.3) is 0 Å². The van der Waals surface area contributed by atoms with Crippen LogP contribution in [0.4, 0.5) is 0 Å². The lowest BCUT2D eigenvalue weighted by molar-refractivity contribution is -0.132. The summed E-state index contributed by atoms with van der Waals surface area (Å²) in [5, 5.41) is 0. The monoisotopic (exact) mass is 339 g/mol. The van der Waals surface area contributed by atoms with E-state index in [0.717, 1.165) is 45.4 Å². The second kappa shape index (κ2) is 10.6. The number of nitrogens with zero attached hydrogens (tertiary/aromatic N) is 2. The lowest BCUT2D eigenvalue weighted by atomic mass is 10.1. The molecule has 1 heterocycles. The van der Waals surface area contributed by atoms with E-state index in [1.165, 1.54) is 5.56 Å². The van der Waals surface area contributed by atoms with Gasteiger partial charge < -0.3 is 15.5 Å². The van der Waals surface area contributed by atoms with Crippen molar-refractivity contribution in [2.75, 3.05) is 32.7 Å². The third-order valence-electron chi connectivity index (χ3n) is 4.52. The van der Waals surface area contributed by atoms with Crippen LogP contribution < -0.4 is 5.73 Å². The zero-order chi connectivity index (χ0) is 15.8. The lowest BCUT2D eigenvalue weighted by Gasteiger charge is -2.25. The largest absolute Gasteiger partial charge is 0.340 e. The number of halogens is 1. The summed E-state index contributed by atoms with van der Waals surface area (Å²) in [6, 6.07) is 10.9. The molecule has 0 spiro atoms. The Kier molecular flexibility index (Phi) is 9.22. The third-order valence-corrected chi connectivity index (χ3v) is 4.52. The Morgan fingerprint density at radius 2 is 2.00 bits per heavy atom. The first-order valence-electron chi connectivity index (χ1n) is 8.46. The number of carbonyl (C=O) groups is 1. The molecule has 0 aliphatic carbocycles. The second-order valence-electron chi connectivity index (χ2n) is 6.19. The topological polar surface area (TPSA) is 49.6 Å². The van der Waals surface area contributed by atoms with Gasteiger partial charge in [0, 0.05) is 45.2 Å². The molecular formula is C18H30ClN3O. The summed E-state index contributed by atoms with van der Waals surface area (Å²) in [6.45, 7) is 6.35. The minimum Gasteiger partial charge on any atom is -0.340 e. The molecule has 1 saturated heterocycles. The minimum absolute atomic E-state index is 0. The van der Waals surface area contributed by atoms with Crippen LogP contribution in [0.5, 0.6) is 0 Å². The van der Waals surface area contributed by atoms with E-state index in [4.69, 9.17) is 5.73 Å². The van der Waals surface area contributed by atoms with Gasteiger partial charge in [-0.15, -0.1) is 12.4 Å². The van der Waals surface area contributed by atoms with Crippen LogP contribution in [-0.2, 0) is 11.2 Å². The van der Waals surface area contributed by atoms with Gasteiger partial charge in [0.2, 0.25) is 5.91 Å². The Hall–Kier alpha value is -1.10. The van der Waals surface area contributed by atoms with Crippen molar-refractivity contribution in [3.05, 3.63) is 35.9 Å². The van der Waals surface area contributed by atoms with Gasteiger partial charge in [-0.2, -0.15) is 0 Å². The Morgan fingerprint density at radius 3 is 2.61 bits per heavy atom. The van der Waals surface area contributed by atoms with E-state index >= 15 is 0 Å². The van der Waals surface area contributed by atoms with Crippen LogP contribution in [0.2, 0.25) is 0 Å². The van der Waals surface area contributed by atoms with Crippen LogP contribution in [0.3, 0.4) is 0 Å². The fourth-order valence-electron chi connectivity index (χ4n) is 3.15. The van der Waals surface area contributed by atoms with Gasteiger partial charge in [-0.1, -0.05) is 30.3 Å². The highest BCUT2D eigenvalue weighted by molar-refractivity contribution is 5.85. The highest BCUT2D eigenvalue weighted by Gasteiger charge is 2.24. The summed E-state index contributed by atoms with van der Waals surface area (Å²) in [4.78, 5) is 16.7. The molecule has 1 unspecified atom stereocenters. The summed E-state index contributed by atoms with van der Waals surface area (Å²) in [5.41, 5.74) is 7.05. The van der Waals surface area contributed by atoms with Crippen molar-refractivity contribution in [3.8, 4) is 0 Å². The lowest BCUT2D eigenvalue weighted by Crippen LogP contribution is -2.38. The molecule has 1 amide bonds. The van der Waals surface area contributed by atoms with Crippen LogP contribution in [0.25, 0.3) is 0 Å². The number of hydrogen-bond acceptors (Lipinski definition) is 3. The molecule has 1 aliphatic heterocycles. The van der Waals surface area contributed by atoms with Crippen molar-refractivity contribution in [2.45, 2.75) is 38.6 Å². The molecule has 4 nitrogen and oxygen atoms in total. The first-order valence-corrected chi connectivity index (χ1v) is 8.46. The second-order valence-corrected chi connectivity index (χ2v) is 6.19. The normalized spacial score (nSPS) is 17.3. The van der Waals surface area contributed by atoms with Gasteiger partial charge >= 0.3 is 0 Å². The smallest absolute Gasteiger partial charge is 0.224 e. The quantitative estimate of drug-likeness (QED) is 0.790. The van der Waals surface area contributed by atoms with Crippen LogP contribution in [0.15, 0.2) is 30.3 Å². The molecule has 1 aromatic carbocycles. The van der Waals surface area contributed by atoms with Gasteiger partial charge in [0.1, 0.15) is 0 Å². The Morgan fingerprint density at radius 1 is 1.26 bits per heavy atom. The molecular weight excluding hydrogens is 310 g/mol. The molecule has 130 valence electrons. The maximum atomic E-state index is 12.3. The van der Waals surface area contributed by atoms with Crippen LogP contribution in [0.1, 0.15) is 31.7 Å². The number of likely N-dealkylation sites (tertiary alicyclic amines) is 1. The third kappa shape index (κ3) is 6.50. The first kappa shape index (κ1) is 19.9. The molecule has 2 rings (SSSR count). The Bertz CT molecular complexity index is 455. The van der Waals surface area contributed by atoms with Crippen molar-refractivity contribution in [1.29, 1.82) is 0 Å². The van der Waals surface area contributed by atoms with Gasteiger partial charge in [-0.05, 0) is 31.7 Å². The molecule has 1 atom stereocenters. The van der Waals surface area contributed by atoms with E-state index in [-0.39, 0.29) is 12.4 Å². The van der Waals surface area contributed by atoms with Crippen LogP contribution in [-0.4, -0.2) is 54.5 Å². The SMILES string of the molecule is CC1CCCN1C(=O)CCN(CCN)CCc1ccccc1.Cl. The number of carbonyl (C=O) groups excluding carboxylic acids is 1. The molecule has 0 radical (unpaired) electrons. The fourth-order valence-corrected chi connectivity index (χ4v) is 3.15. The van der Waals surface area contributed by atoms with Gasteiger partial charge in [0.15, 0.2) is 0 Å². The fraction of sp³-hybridized carbons (Fsp3) is 0.611. The maximum absolute atomic E-state index is 12.3. The van der Waals surface area contributed by atoms with E-state index in [1.807, 2.05) is 11.0 Å². The Balaban J connectivity index is 0.00000264. The van der Waals surface area contributed by atoms with Crippen molar-refractivity contribution >= 4 is 18.3 Å². The number of nitrogens with two attached hydrogens (primary N) is 1. The summed E-state index contributed by atoms with van der Waals surface area (Å²) >= 11 is 0. The van der Waals surface area contributed by atoms with Crippen molar-refractivity contribution in [2.24, 2.45) is 5.73 Å². The van der Waals surface area contributed by atoms with Crippen molar-refractivity contribution < 1.29 is 4.79 Å². The van der Waals surface area contributed by atoms with Crippen LogP contribution in [0, 0.1) is 0 Å². The van der Waals surface area contributed by atoms with E-state index in [0.29, 0.717) is 24.9 Å². The molecule has 23 heavy (non-hydrogen) atoms. The highest BCUT2D eigenvalue weighted by atomic mass is 35.5. The maximum Gasteiger partial charge on any atom is 0.224 e. The van der Waals surface area contributed by atoms with E-state index < -0.39 is 0 Å². The Labute approximate surface area is 146 Å². The van der Waals surface area contributed by atoms with Crippen molar-refractivity contribution in [1.82, 2.24) is 9.80 Å². The van der Waals surface area contributed by atoms with E-state index in [9.17, 15) is 4.79 Å². The molecule has 2 N–H and O–H groups in total. The van der Waals surface area contributed by atoms with Gasteiger partial charge in [-0.3, -0.25) is 4.79 Å². The molecule has 0 aromatic heterocycles. The number of rotatable bonds is 8. The van der Waals surface area contributed by atoms with Gasteiger partial charge in [0.05, 0.1) is 0 Å². The first-order chi connectivity index (χ1) is 10.7. The minimum atomic E-state index is 0. The predicted octanol–water partition coefficient (Wildman–Crippen LogP) is 2.31. The summed E-state index contributed by atoms with van der Waals surface area (Å²) in [7, 11) is 0. The van der Waals surface area contributed by atoms with E-state index in [2.05, 4.69) is 36.1 Å². The van der Waals surface area contributed by atoms with Gasteiger partial charge in [-0.25, -0.2) is 0 Å². The zero-order valence-electron chi connectivity index (χ0n) is 14.1. The van der Waals surface area contributed by atoms with Crippen LogP contribution >= 0.6 is 12.4 Å². The molecule has 0 saturated carbocycles. The molecule has 1 fully saturated rings. The van der Waals surface area contributed by atoms with E-state index in [1.54, 1.807) is 0 Å². The summed E-state index contributed by atoms with van der Waals surface area (Å²) < 4.78 is 0. The molecule has 1 aromatic rings. The standard InChI is InChI=1S/C18H29N3O.ClH/c1-16-6-5-12-21(16)18(22)10-14-20(15-11-19)13-9-17-7-3-2-4-8-17;/h2-4,7-8,16H,5-6,9-15,19H2,1H3;1H. The summed E-state index contributed by atoms with van der Waals surface area (Å²) in [5.74, 6) is 0.298. The molecule has 1 aliphatic rings.